The van der Waals surface area contributed by atoms with Gasteiger partial charge in [0, 0.05) is 17.7 Å². The van der Waals surface area contributed by atoms with Crippen LogP contribution in [0.4, 0.5) is 11.4 Å². The second kappa shape index (κ2) is 7.22. The Morgan fingerprint density at radius 3 is 2.22 bits per heavy atom. The molecule has 0 bridgehead atoms. The number of benzene rings is 2. The normalized spacial score (nSPS) is 9.96. The molecule has 3 amide bonds. The Morgan fingerprint density at radius 2 is 1.61 bits per heavy atom. The summed E-state index contributed by atoms with van der Waals surface area (Å²) in [5, 5.41) is 5.35. The first-order valence-corrected chi connectivity index (χ1v) is 7.11. The van der Waals surface area contributed by atoms with Crippen molar-refractivity contribution in [3.05, 3.63) is 59.7 Å². The van der Waals surface area contributed by atoms with Crippen molar-refractivity contribution < 1.29 is 14.4 Å². The minimum absolute atomic E-state index is 0.0995. The van der Waals surface area contributed by atoms with Gasteiger partial charge >= 0.3 is 0 Å². The van der Waals surface area contributed by atoms with Gasteiger partial charge in [0.15, 0.2) is 0 Å². The molecule has 0 fully saturated rings. The fraction of sp³-hybridized carbons (Fsp3) is 0.118. The summed E-state index contributed by atoms with van der Waals surface area (Å²) < 4.78 is 0. The molecule has 0 saturated heterocycles. The van der Waals surface area contributed by atoms with Crippen LogP contribution in [0.15, 0.2) is 48.5 Å². The highest BCUT2D eigenvalue weighted by atomic mass is 16.2. The Morgan fingerprint density at radius 1 is 0.957 bits per heavy atom. The highest BCUT2D eigenvalue weighted by molar-refractivity contribution is 6.08. The van der Waals surface area contributed by atoms with Crippen molar-refractivity contribution >= 4 is 29.1 Å². The van der Waals surface area contributed by atoms with E-state index in [9.17, 15) is 14.4 Å². The van der Waals surface area contributed by atoms with Crippen LogP contribution in [0.3, 0.4) is 0 Å². The van der Waals surface area contributed by atoms with Crippen LogP contribution in [0.2, 0.25) is 0 Å². The van der Waals surface area contributed by atoms with Crippen molar-refractivity contribution in [2.75, 3.05) is 10.6 Å². The third-order valence-electron chi connectivity index (χ3n) is 3.19. The number of hydrogen-bond donors (Lipinski definition) is 3. The minimum Gasteiger partial charge on any atom is -0.366 e. The Bertz CT molecular complexity index is 739. The summed E-state index contributed by atoms with van der Waals surface area (Å²) in [5.41, 5.74) is 6.89. The molecule has 2 rings (SSSR count). The van der Waals surface area contributed by atoms with E-state index in [1.165, 1.54) is 0 Å². The van der Waals surface area contributed by atoms with E-state index in [0.29, 0.717) is 23.4 Å². The van der Waals surface area contributed by atoms with Gasteiger partial charge in [-0.05, 0) is 36.4 Å². The number of carbonyl (C=O) groups is 3. The van der Waals surface area contributed by atoms with Crippen LogP contribution < -0.4 is 16.4 Å². The van der Waals surface area contributed by atoms with Crippen LogP contribution in [-0.4, -0.2) is 17.7 Å². The third kappa shape index (κ3) is 4.16. The Balaban J connectivity index is 2.12. The number of hydrogen-bond acceptors (Lipinski definition) is 3. The second-order valence-electron chi connectivity index (χ2n) is 4.84. The summed E-state index contributed by atoms with van der Waals surface area (Å²) in [6.45, 7) is 1.76. The van der Waals surface area contributed by atoms with Gasteiger partial charge in [0.2, 0.25) is 5.91 Å². The summed E-state index contributed by atoms with van der Waals surface area (Å²) in [5.74, 6) is -1.08. The van der Waals surface area contributed by atoms with Crippen molar-refractivity contribution in [3.8, 4) is 0 Å². The van der Waals surface area contributed by atoms with Crippen molar-refractivity contribution in [2.24, 2.45) is 5.73 Å². The number of anilines is 2. The van der Waals surface area contributed by atoms with Gasteiger partial charge in [0.05, 0.1) is 11.3 Å². The van der Waals surface area contributed by atoms with Crippen LogP contribution in [0, 0.1) is 0 Å². The average molecular weight is 311 g/mol. The number of amides is 3. The molecule has 118 valence electrons. The summed E-state index contributed by atoms with van der Waals surface area (Å²) in [6, 6.07) is 13.0. The summed E-state index contributed by atoms with van der Waals surface area (Å²) in [6.07, 6.45) is 0.381. The maximum Gasteiger partial charge on any atom is 0.255 e. The van der Waals surface area contributed by atoms with Crippen LogP contribution in [0.1, 0.15) is 34.1 Å². The number of rotatable bonds is 5. The molecule has 6 heteroatoms. The summed E-state index contributed by atoms with van der Waals surface area (Å²) >= 11 is 0. The minimum atomic E-state index is -0.612. The van der Waals surface area contributed by atoms with Crippen molar-refractivity contribution in [2.45, 2.75) is 13.3 Å². The smallest absolute Gasteiger partial charge is 0.255 e. The Labute approximate surface area is 133 Å². The lowest BCUT2D eigenvalue weighted by molar-refractivity contribution is -0.115. The molecular formula is C17H17N3O3. The van der Waals surface area contributed by atoms with Gasteiger partial charge in [-0.1, -0.05) is 19.1 Å². The molecule has 4 N–H and O–H groups in total. The van der Waals surface area contributed by atoms with Gasteiger partial charge < -0.3 is 16.4 Å². The van der Waals surface area contributed by atoms with Crippen LogP contribution in [0.5, 0.6) is 0 Å². The fourth-order valence-electron chi connectivity index (χ4n) is 1.96. The van der Waals surface area contributed by atoms with Crippen molar-refractivity contribution in [3.63, 3.8) is 0 Å². The molecule has 6 nitrogen and oxygen atoms in total. The molecular weight excluding hydrogens is 294 g/mol. The molecule has 2 aromatic rings. The zero-order valence-electron chi connectivity index (χ0n) is 12.6. The molecule has 0 spiro atoms. The van der Waals surface area contributed by atoms with Crippen LogP contribution >= 0.6 is 0 Å². The first kappa shape index (κ1) is 16.2. The number of nitrogens with one attached hydrogen (secondary N) is 2. The van der Waals surface area contributed by atoms with Crippen molar-refractivity contribution in [1.82, 2.24) is 0 Å². The largest absolute Gasteiger partial charge is 0.366 e. The standard InChI is InChI=1S/C17H17N3O3/c1-2-15(21)19-12-9-7-11(8-10-12)17(23)20-14-6-4-3-5-13(14)16(18)22/h3-10H,2H2,1H3,(H2,18,22)(H,19,21)(H,20,23). The van der Waals surface area contributed by atoms with Crippen LogP contribution in [-0.2, 0) is 4.79 Å². The van der Waals surface area contributed by atoms with Gasteiger partial charge in [0.1, 0.15) is 0 Å². The van der Waals surface area contributed by atoms with Gasteiger partial charge in [-0.25, -0.2) is 0 Å². The lowest BCUT2D eigenvalue weighted by Gasteiger charge is -2.09. The third-order valence-corrected chi connectivity index (χ3v) is 3.19. The molecule has 0 aliphatic heterocycles. The van der Waals surface area contributed by atoms with E-state index >= 15 is 0 Å². The molecule has 0 aliphatic rings. The van der Waals surface area contributed by atoms with Gasteiger partial charge in [-0.15, -0.1) is 0 Å². The van der Waals surface area contributed by atoms with Crippen LogP contribution in [0.25, 0.3) is 0 Å². The van der Waals surface area contributed by atoms with E-state index in [-0.39, 0.29) is 17.4 Å². The number of carbonyl (C=O) groups excluding carboxylic acids is 3. The molecule has 0 radical (unpaired) electrons. The predicted molar refractivity (Wildman–Crippen MR) is 88.3 cm³/mol. The second-order valence-corrected chi connectivity index (χ2v) is 4.84. The molecule has 0 unspecified atom stereocenters. The van der Waals surface area contributed by atoms with Gasteiger partial charge in [-0.3, -0.25) is 14.4 Å². The first-order valence-electron chi connectivity index (χ1n) is 7.11. The highest BCUT2D eigenvalue weighted by Crippen LogP contribution is 2.16. The maximum absolute atomic E-state index is 12.2. The number of nitrogens with two attached hydrogens (primary N) is 1. The first-order chi connectivity index (χ1) is 11.0. The molecule has 2 aromatic carbocycles. The monoisotopic (exact) mass is 311 g/mol. The van der Waals surface area contributed by atoms with E-state index in [0.717, 1.165) is 0 Å². The summed E-state index contributed by atoms with van der Waals surface area (Å²) in [7, 11) is 0. The molecule has 0 aromatic heterocycles. The average Bonchev–Trinajstić information content (AvgIpc) is 2.55. The van der Waals surface area contributed by atoms with E-state index in [2.05, 4.69) is 10.6 Å². The molecule has 0 saturated carbocycles. The van der Waals surface area contributed by atoms with Crippen molar-refractivity contribution in [1.29, 1.82) is 0 Å². The zero-order valence-corrected chi connectivity index (χ0v) is 12.6. The van der Waals surface area contributed by atoms with E-state index < -0.39 is 5.91 Å². The van der Waals surface area contributed by atoms with E-state index in [1.54, 1.807) is 55.5 Å². The van der Waals surface area contributed by atoms with E-state index in [4.69, 9.17) is 5.73 Å². The Kier molecular flexibility index (Phi) is 5.09. The molecule has 0 aliphatic carbocycles. The molecule has 0 heterocycles. The summed E-state index contributed by atoms with van der Waals surface area (Å²) in [4.78, 5) is 34.9. The lowest BCUT2D eigenvalue weighted by Crippen LogP contribution is -2.18. The number of para-hydroxylation sites is 1. The lowest BCUT2D eigenvalue weighted by atomic mass is 10.1. The quantitative estimate of drug-likeness (QED) is 0.790. The fourth-order valence-corrected chi connectivity index (χ4v) is 1.96. The maximum atomic E-state index is 12.2. The SMILES string of the molecule is CCC(=O)Nc1ccc(C(=O)Nc2ccccc2C(N)=O)cc1. The predicted octanol–water partition coefficient (Wildman–Crippen LogP) is 2.39. The molecule has 23 heavy (non-hydrogen) atoms. The van der Waals surface area contributed by atoms with Gasteiger partial charge in [-0.2, -0.15) is 0 Å². The zero-order chi connectivity index (χ0) is 16.8. The molecule has 0 atom stereocenters. The highest BCUT2D eigenvalue weighted by Gasteiger charge is 2.11. The Hall–Kier alpha value is -3.15. The van der Waals surface area contributed by atoms with E-state index in [1.807, 2.05) is 0 Å². The number of primary amides is 1. The topological polar surface area (TPSA) is 101 Å². The van der Waals surface area contributed by atoms with Gasteiger partial charge in [0.25, 0.3) is 11.8 Å².